The lowest BCUT2D eigenvalue weighted by Gasteiger charge is -2.36. The smallest absolute Gasteiger partial charge is 0.239 e. The number of nitrogens with two attached hydrogens (primary N) is 1. The van der Waals surface area contributed by atoms with Gasteiger partial charge in [-0.1, -0.05) is 13.8 Å². The van der Waals surface area contributed by atoms with E-state index in [4.69, 9.17) is 10.8 Å². The second kappa shape index (κ2) is 4.94. The number of nitrogens with zero attached hydrogens (tertiary/aromatic N) is 1. The highest BCUT2D eigenvalue weighted by molar-refractivity contribution is 5.82. The average molecular weight is 214 g/mol. The summed E-state index contributed by atoms with van der Waals surface area (Å²) in [5, 5.41) is 8.92. The van der Waals surface area contributed by atoms with E-state index < -0.39 is 0 Å². The van der Waals surface area contributed by atoms with Gasteiger partial charge in [-0.25, -0.2) is 0 Å². The van der Waals surface area contributed by atoms with Crippen molar-refractivity contribution in [2.45, 2.75) is 39.2 Å². The quantitative estimate of drug-likeness (QED) is 0.709. The Hall–Kier alpha value is -0.610. The van der Waals surface area contributed by atoms with E-state index in [2.05, 4.69) is 13.8 Å². The monoisotopic (exact) mass is 214 g/mol. The molecule has 1 fully saturated rings. The molecular formula is C11H22N2O2. The molecule has 0 spiro atoms. The highest BCUT2D eigenvalue weighted by atomic mass is 16.3. The summed E-state index contributed by atoms with van der Waals surface area (Å²) in [7, 11) is 0. The van der Waals surface area contributed by atoms with Crippen molar-refractivity contribution in [3.8, 4) is 0 Å². The van der Waals surface area contributed by atoms with Crippen molar-refractivity contribution in [2.75, 3.05) is 19.7 Å². The maximum absolute atomic E-state index is 11.7. The molecule has 4 heteroatoms. The number of hydrogen-bond acceptors (Lipinski definition) is 3. The molecule has 0 saturated carbocycles. The van der Waals surface area contributed by atoms with Crippen LogP contribution < -0.4 is 5.73 Å². The Morgan fingerprint density at radius 1 is 1.60 bits per heavy atom. The average Bonchev–Trinajstić information content (AvgIpc) is 2.12. The van der Waals surface area contributed by atoms with Gasteiger partial charge in [-0.15, -0.1) is 0 Å². The molecule has 1 unspecified atom stereocenters. The molecule has 88 valence electrons. The van der Waals surface area contributed by atoms with Crippen LogP contribution in [-0.4, -0.2) is 41.7 Å². The second-order valence-electron chi connectivity index (χ2n) is 5.15. The van der Waals surface area contributed by atoms with E-state index in [-0.39, 0.29) is 24.0 Å². The van der Waals surface area contributed by atoms with Gasteiger partial charge in [0.25, 0.3) is 0 Å². The molecule has 15 heavy (non-hydrogen) atoms. The maximum Gasteiger partial charge on any atom is 0.239 e. The summed E-state index contributed by atoms with van der Waals surface area (Å²) < 4.78 is 0. The fourth-order valence-corrected chi connectivity index (χ4v) is 2.03. The van der Waals surface area contributed by atoms with Gasteiger partial charge in [0, 0.05) is 19.7 Å². The Labute approximate surface area is 91.4 Å². The predicted molar refractivity (Wildman–Crippen MR) is 59.3 cm³/mol. The molecule has 3 N–H and O–H groups in total. The Morgan fingerprint density at radius 3 is 2.87 bits per heavy atom. The van der Waals surface area contributed by atoms with Crippen molar-refractivity contribution in [3.63, 3.8) is 0 Å². The lowest BCUT2D eigenvalue weighted by molar-refractivity contribution is -0.136. The van der Waals surface area contributed by atoms with Gasteiger partial charge in [0.05, 0.1) is 6.04 Å². The molecule has 0 bridgehead atoms. The molecule has 1 aliphatic rings. The Kier molecular flexibility index (Phi) is 4.11. The van der Waals surface area contributed by atoms with E-state index in [1.807, 2.05) is 4.90 Å². The minimum absolute atomic E-state index is 0.0263. The first-order valence-corrected chi connectivity index (χ1v) is 5.61. The summed E-state index contributed by atoms with van der Waals surface area (Å²) in [6.45, 7) is 5.80. The maximum atomic E-state index is 11.7. The van der Waals surface area contributed by atoms with Gasteiger partial charge in [-0.05, 0) is 24.7 Å². The minimum atomic E-state index is -0.316. The number of hydrogen-bond donors (Lipinski definition) is 2. The third kappa shape index (κ3) is 3.47. The molecular weight excluding hydrogens is 192 g/mol. The number of rotatable bonds is 4. The van der Waals surface area contributed by atoms with Crippen LogP contribution in [0.3, 0.4) is 0 Å². The lowest BCUT2D eigenvalue weighted by Crippen LogP contribution is -2.51. The molecule has 1 aliphatic heterocycles. The first-order valence-electron chi connectivity index (χ1n) is 5.61. The number of piperidine rings is 1. The molecule has 1 saturated heterocycles. The number of likely N-dealkylation sites (tertiary alicyclic amines) is 1. The molecule has 1 atom stereocenters. The molecule has 0 aromatic heterocycles. The van der Waals surface area contributed by atoms with Gasteiger partial charge in [0.15, 0.2) is 0 Å². The Bertz CT molecular complexity index is 229. The number of carbonyl (C=O) groups excluding carboxylic acids is 1. The van der Waals surface area contributed by atoms with E-state index in [1.54, 1.807) is 0 Å². The van der Waals surface area contributed by atoms with Crippen molar-refractivity contribution in [1.82, 2.24) is 4.90 Å². The summed E-state index contributed by atoms with van der Waals surface area (Å²) in [6.07, 6.45) is 2.50. The zero-order valence-corrected chi connectivity index (χ0v) is 9.70. The van der Waals surface area contributed by atoms with Crippen LogP contribution in [-0.2, 0) is 4.79 Å². The molecule has 0 radical (unpaired) electrons. The predicted octanol–water partition coefficient (Wildman–Crippen LogP) is 0.345. The third-order valence-electron chi connectivity index (χ3n) is 2.98. The first kappa shape index (κ1) is 12.5. The normalized spacial score (nSPS) is 23.3. The van der Waals surface area contributed by atoms with Gasteiger partial charge in [0.2, 0.25) is 5.91 Å². The van der Waals surface area contributed by atoms with E-state index in [0.29, 0.717) is 13.0 Å². The topological polar surface area (TPSA) is 66.6 Å². The van der Waals surface area contributed by atoms with Crippen molar-refractivity contribution < 1.29 is 9.90 Å². The zero-order chi connectivity index (χ0) is 11.5. The van der Waals surface area contributed by atoms with Crippen LogP contribution in [0.2, 0.25) is 0 Å². The molecule has 0 aliphatic carbocycles. The fraction of sp³-hybridized carbons (Fsp3) is 0.909. The first-order chi connectivity index (χ1) is 6.96. The number of carbonyl (C=O) groups is 1. The van der Waals surface area contributed by atoms with Gasteiger partial charge in [-0.2, -0.15) is 0 Å². The number of aliphatic hydroxyl groups excluding tert-OH is 1. The van der Waals surface area contributed by atoms with Crippen molar-refractivity contribution in [2.24, 2.45) is 11.1 Å². The minimum Gasteiger partial charge on any atom is -0.396 e. The standard InChI is InChI=1S/C11H22N2O2/c1-11(2,5-7-14)8-13-6-3-4-9(12)10(13)15/h9,14H,3-8,12H2,1-2H3. The van der Waals surface area contributed by atoms with Crippen LogP contribution in [0.25, 0.3) is 0 Å². The summed E-state index contributed by atoms with van der Waals surface area (Å²) in [5.41, 5.74) is 5.69. The molecule has 1 amide bonds. The summed E-state index contributed by atoms with van der Waals surface area (Å²) in [5.74, 6) is 0.0623. The highest BCUT2D eigenvalue weighted by Gasteiger charge is 2.30. The number of amides is 1. The summed E-state index contributed by atoms with van der Waals surface area (Å²) in [4.78, 5) is 13.6. The summed E-state index contributed by atoms with van der Waals surface area (Å²) in [6, 6.07) is -0.316. The molecule has 0 aromatic carbocycles. The fourth-order valence-electron chi connectivity index (χ4n) is 2.03. The van der Waals surface area contributed by atoms with Crippen LogP contribution >= 0.6 is 0 Å². The molecule has 1 heterocycles. The van der Waals surface area contributed by atoms with Crippen molar-refractivity contribution in [3.05, 3.63) is 0 Å². The van der Waals surface area contributed by atoms with Gasteiger partial charge < -0.3 is 15.7 Å². The van der Waals surface area contributed by atoms with Crippen LogP contribution in [0.4, 0.5) is 0 Å². The van der Waals surface area contributed by atoms with Gasteiger partial charge in [-0.3, -0.25) is 4.79 Å². The van der Waals surface area contributed by atoms with E-state index in [1.165, 1.54) is 0 Å². The van der Waals surface area contributed by atoms with Crippen LogP contribution in [0, 0.1) is 5.41 Å². The van der Waals surface area contributed by atoms with Gasteiger partial charge >= 0.3 is 0 Å². The lowest BCUT2D eigenvalue weighted by atomic mass is 9.88. The van der Waals surface area contributed by atoms with E-state index in [9.17, 15) is 4.79 Å². The molecule has 1 rings (SSSR count). The third-order valence-corrected chi connectivity index (χ3v) is 2.98. The van der Waals surface area contributed by atoms with E-state index in [0.717, 1.165) is 19.4 Å². The summed E-state index contributed by atoms with van der Waals surface area (Å²) >= 11 is 0. The van der Waals surface area contributed by atoms with Crippen LogP contribution in [0.15, 0.2) is 0 Å². The number of aliphatic hydroxyl groups is 1. The highest BCUT2D eigenvalue weighted by Crippen LogP contribution is 2.23. The van der Waals surface area contributed by atoms with Gasteiger partial charge in [0.1, 0.15) is 0 Å². The van der Waals surface area contributed by atoms with Crippen molar-refractivity contribution in [1.29, 1.82) is 0 Å². The Morgan fingerprint density at radius 2 is 2.27 bits per heavy atom. The largest absolute Gasteiger partial charge is 0.396 e. The van der Waals surface area contributed by atoms with Crippen LogP contribution in [0.5, 0.6) is 0 Å². The second-order valence-corrected chi connectivity index (χ2v) is 5.15. The SMILES string of the molecule is CC(C)(CCO)CN1CCCC(N)C1=O. The zero-order valence-electron chi connectivity index (χ0n) is 9.70. The molecule has 0 aromatic rings. The Balaban J connectivity index is 2.53. The molecule has 4 nitrogen and oxygen atoms in total. The van der Waals surface area contributed by atoms with Crippen molar-refractivity contribution >= 4 is 5.91 Å². The van der Waals surface area contributed by atoms with Crippen LogP contribution in [0.1, 0.15) is 33.1 Å². The van der Waals surface area contributed by atoms with E-state index >= 15 is 0 Å².